The zero-order valence-electron chi connectivity index (χ0n) is 12.1. The zero-order valence-corrected chi connectivity index (χ0v) is 12.9. The Balaban J connectivity index is 2.09. The van der Waals surface area contributed by atoms with E-state index < -0.39 is 10.0 Å². The summed E-state index contributed by atoms with van der Waals surface area (Å²) in [5.41, 5.74) is 1.49. The van der Waals surface area contributed by atoms with Gasteiger partial charge in [0.25, 0.3) is 10.0 Å². The summed E-state index contributed by atoms with van der Waals surface area (Å²) in [5, 5.41) is 9.46. The van der Waals surface area contributed by atoms with Crippen LogP contribution in [0.2, 0.25) is 0 Å². The second-order valence-electron chi connectivity index (χ2n) is 4.65. The molecule has 0 bridgehead atoms. The standard InChI is InChI=1S/C13H19N5O2S/c1-14-9-11-10-16-17-13(11)21(19,20)18(2)8-6-12-5-3-4-7-15-12/h3-5,7,10,14H,6,8-9H2,1-2H3,(H,16,17). The predicted octanol–water partition coefficient (Wildman–Crippen LogP) is 0.387. The van der Waals surface area contributed by atoms with Crippen LogP contribution in [0.4, 0.5) is 0 Å². The largest absolute Gasteiger partial charge is 0.316 e. The Labute approximate surface area is 124 Å². The van der Waals surface area contributed by atoms with Crippen molar-refractivity contribution >= 4 is 10.0 Å². The van der Waals surface area contributed by atoms with Gasteiger partial charge in [0.2, 0.25) is 0 Å². The molecule has 0 aliphatic heterocycles. The molecule has 8 heteroatoms. The molecule has 0 saturated carbocycles. The summed E-state index contributed by atoms with van der Waals surface area (Å²) < 4.78 is 26.3. The molecule has 0 atom stereocenters. The summed E-state index contributed by atoms with van der Waals surface area (Å²) in [7, 11) is -0.255. The number of aromatic nitrogens is 3. The first-order chi connectivity index (χ1) is 10.1. The van der Waals surface area contributed by atoms with Crippen molar-refractivity contribution in [3.63, 3.8) is 0 Å². The Morgan fingerprint density at radius 3 is 2.86 bits per heavy atom. The first-order valence-corrected chi connectivity index (χ1v) is 8.03. The fraction of sp³-hybridized carbons (Fsp3) is 0.385. The van der Waals surface area contributed by atoms with Gasteiger partial charge in [0.1, 0.15) is 0 Å². The maximum absolute atomic E-state index is 12.5. The van der Waals surface area contributed by atoms with E-state index >= 15 is 0 Å². The number of rotatable bonds is 7. The van der Waals surface area contributed by atoms with Crippen LogP contribution in [-0.4, -0.2) is 48.5 Å². The van der Waals surface area contributed by atoms with Crippen molar-refractivity contribution in [2.45, 2.75) is 18.0 Å². The minimum atomic E-state index is -3.57. The minimum Gasteiger partial charge on any atom is -0.316 e. The highest BCUT2D eigenvalue weighted by molar-refractivity contribution is 7.89. The Morgan fingerprint density at radius 2 is 2.19 bits per heavy atom. The fourth-order valence-corrected chi connectivity index (χ4v) is 3.20. The van der Waals surface area contributed by atoms with Crippen LogP contribution in [0.3, 0.4) is 0 Å². The number of nitrogens with zero attached hydrogens (tertiary/aromatic N) is 3. The summed E-state index contributed by atoms with van der Waals surface area (Å²) in [4.78, 5) is 4.19. The van der Waals surface area contributed by atoms with Crippen molar-refractivity contribution in [2.75, 3.05) is 20.6 Å². The van der Waals surface area contributed by atoms with Gasteiger partial charge in [-0.05, 0) is 19.2 Å². The summed E-state index contributed by atoms with van der Waals surface area (Å²) in [6.07, 6.45) is 3.78. The average Bonchev–Trinajstić information content (AvgIpc) is 2.95. The molecule has 0 fully saturated rings. The van der Waals surface area contributed by atoms with E-state index in [0.717, 1.165) is 5.69 Å². The molecule has 2 N–H and O–H groups in total. The van der Waals surface area contributed by atoms with E-state index in [1.54, 1.807) is 20.3 Å². The summed E-state index contributed by atoms with van der Waals surface area (Å²) in [6, 6.07) is 5.60. The van der Waals surface area contributed by atoms with E-state index in [4.69, 9.17) is 0 Å². The summed E-state index contributed by atoms with van der Waals surface area (Å²) >= 11 is 0. The summed E-state index contributed by atoms with van der Waals surface area (Å²) in [6.45, 7) is 0.802. The molecular formula is C13H19N5O2S. The van der Waals surface area contributed by atoms with Gasteiger partial charge in [-0.15, -0.1) is 0 Å². The van der Waals surface area contributed by atoms with E-state index in [1.165, 1.54) is 10.5 Å². The van der Waals surface area contributed by atoms with E-state index in [0.29, 0.717) is 25.1 Å². The van der Waals surface area contributed by atoms with E-state index in [1.807, 2.05) is 18.2 Å². The molecule has 0 saturated heterocycles. The second kappa shape index (κ2) is 6.79. The van der Waals surface area contributed by atoms with Crippen LogP contribution in [0, 0.1) is 0 Å². The van der Waals surface area contributed by atoms with Gasteiger partial charge in [0, 0.05) is 44.0 Å². The normalized spacial score (nSPS) is 12.0. The first-order valence-electron chi connectivity index (χ1n) is 6.59. The average molecular weight is 309 g/mol. The molecule has 0 aliphatic rings. The van der Waals surface area contributed by atoms with Crippen molar-refractivity contribution in [3.8, 4) is 0 Å². The van der Waals surface area contributed by atoms with Gasteiger partial charge in [0.05, 0.1) is 6.20 Å². The van der Waals surface area contributed by atoms with Crippen LogP contribution in [0.25, 0.3) is 0 Å². The van der Waals surface area contributed by atoms with Gasteiger partial charge < -0.3 is 5.32 Å². The quantitative estimate of drug-likeness (QED) is 0.772. The molecule has 21 heavy (non-hydrogen) atoms. The zero-order chi connectivity index (χ0) is 15.3. The molecule has 0 unspecified atom stereocenters. The number of H-pyrrole nitrogens is 1. The molecular weight excluding hydrogens is 290 g/mol. The predicted molar refractivity (Wildman–Crippen MR) is 79.1 cm³/mol. The molecule has 114 valence electrons. The van der Waals surface area contributed by atoms with Crippen molar-refractivity contribution in [1.29, 1.82) is 0 Å². The Kier molecular flexibility index (Phi) is 5.05. The lowest BCUT2D eigenvalue weighted by Gasteiger charge is -2.16. The molecule has 2 aromatic rings. The highest BCUT2D eigenvalue weighted by atomic mass is 32.2. The second-order valence-corrected chi connectivity index (χ2v) is 6.63. The molecule has 7 nitrogen and oxygen atoms in total. The Bertz CT molecular complexity index is 669. The van der Waals surface area contributed by atoms with Gasteiger partial charge in [-0.2, -0.15) is 9.40 Å². The maximum Gasteiger partial charge on any atom is 0.260 e. The molecule has 0 spiro atoms. The van der Waals surface area contributed by atoms with Crippen molar-refractivity contribution in [2.24, 2.45) is 0 Å². The van der Waals surface area contributed by atoms with Gasteiger partial charge >= 0.3 is 0 Å². The summed E-state index contributed by atoms with van der Waals surface area (Å²) in [5.74, 6) is 0. The number of sulfonamides is 1. The SMILES string of the molecule is CNCc1cn[nH]c1S(=O)(=O)N(C)CCc1ccccn1. The van der Waals surface area contributed by atoms with Crippen LogP contribution in [0.5, 0.6) is 0 Å². The van der Waals surface area contributed by atoms with E-state index in [9.17, 15) is 8.42 Å². The van der Waals surface area contributed by atoms with Crippen molar-refractivity contribution in [1.82, 2.24) is 24.8 Å². The van der Waals surface area contributed by atoms with E-state index in [2.05, 4.69) is 20.5 Å². The molecule has 0 aromatic carbocycles. The molecule has 0 aliphatic carbocycles. The van der Waals surface area contributed by atoms with Crippen LogP contribution < -0.4 is 5.32 Å². The number of hydrogen-bond acceptors (Lipinski definition) is 5. The fourth-order valence-electron chi connectivity index (χ4n) is 1.93. The van der Waals surface area contributed by atoms with Gasteiger partial charge in [-0.3, -0.25) is 10.1 Å². The monoisotopic (exact) mass is 309 g/mol. The van der Waals surface area contributed by atoms with Gasteiger partial charge in [0.15, 0.2) is 5.03 Å². The lowest BCUT2D eigenvalue weighted by Crippen LogP contribution is -2.30. The third kappa shape index (κ3) is 3.66. The van der Waals surface area contributed by atoms with Gasteiger partial charge in [-0.25, -0.2) is 8.42 Å². The third-order valence-corrected chi connectivity index (χ3v) is 5.00. The number of likely N-dealkylation sites (N-methyl/N-ethyl adjacent to an activating group) is 1. The molecule has 2 rings (SSSR count). The number of aromatic amines is 1. The first kappa shape index (κ1) is 15.6. The van der Waals surface area contributed by atoms with Crippen LogP contribution >= 0.6 is 0 Å². The lowest BCUT2D eigenvalue weighted by atomic mass is 10.3. The van der Waals surface area contributed by atoms with Gasteiger partial charge in [-0.1, -0.05) is 6.07 Å². The number of nitrogens with one attached hydrogen (secondary N) is 2. The van der Waals surface area contributed by atoms with Crippen LogP contribution in [-0.2, 0) is 23.0 Å². The Hall–Kier alpha value is -1.77. The smallest absolute Gasteiger partial charge is 0.260 e. The third-order valence-electron chi connectivity index (χ3n) is 3.12. The molecule has 2 aromatic heterocycles. The number of pyridine rings is 1. The topological polar surface area (TPSA) is 91.0 Å². The maximum atomic E-state index is 12.5. The van der Waals surface area contributed by atoms with Crippen molar-refractivity contribution in [3.05, 3.63) is 41.9 Å². The minimum absolute atomic E-state index is 0.139. The molecule has 0 radical (unpaired) electrons. The molecule has 2 heterocycles. The van der Waals surface area contributed by atoms with Crippen molar-refractivity contribution < 1.29 is 8.42 Å². The van der Waals surface area contributed by atoms with E-state index in [-0.39, 0.29) is 5.03 Å². The highest BCUT2D eigenvalue weighted by Crippen LogP contribution is 2.16. The van der Waals surface area contributed by atoms with Crippen LogP contribution in [0.1, 0.15) is 11.3 Å². The Morgan fingerprint density at radius 1 is 1.38 bits per heavy atom. The highest BCUT2D eigenvalue weighted by Gasteiger charge is 2.25. The van der Waals surface area contributed by atoms with Crippen LogP contribution in [0.15, 0.2) is 35.6 Å². The lowest BCUT2D eigenvalue weighted by molar-refractivity contribution is 0.467. The molecule has 0 amide bonds. The number of hydrogen-bond donors (Lipinski definition) is 2.